The molecular weight excluding hydrogens is 380 g/mol. The van der Waals surface area contributed by atoms with Crippen LogP contribution >= 0.6 is 0 Å². The number of para-hydroxylation sites is 1. The summed E-state index contributed by atoms with van der Waals surface area (Å²) in [5.41, 5.74) is 0. The average Bonchev–Trinajstić information content (AvgIpc) is 2.88. The van der Waals surface area contributed by atoms with Gasteiger partial charge in [-0.25, -0.2) is 8.42 Å². The van der Waals surface area contributed by atoms with Crippen molar-refractivity contribution in [2.75, 3.05) is 33.4 Å². The van der Waals surface area contributed by atoms with Gasteiger partial charge in [0.05, 0.1) is 12.6 Å². The van der Waals surface area contributed by atoms with Crippen molar-refractivity contribution in [3.05, 3.63) is 24.3 Å². The van der Waals surface area contributed by atoms with Crippen LogP contribution in [-0.2, 0) is 19.6 Å². The van der Waals surface area contributed by atoms with E-state index in [4.69, 9.17) is 9.47 Å². The highest BCUT2D eigenvalue weighted by molar-refractivity contribution is 7.89. The Labute approximate surface area is 167 Å². The topological polar surface area (TPSA) is 76.2 Å². The standard InChI is InChI=1S/C20H30N2O5S/c1-15(2)14-20(23)21-10-8-16-17(9-11-21)27-18-6-4-5-7-19(18)28(24,25)22(16)12-13-26-3/h4-7,15-17H,8-14H2,1-3H3/t16-,17-/m1/s1. The Morgan fingerprint density at radius 1 is 1.25 bits per heavy atom. The zero-order valence-electron chi connectivity index (χ0n) is 16.8. The molecule has 0 N–H and O–H groups in total. The molecule has 8 heteroatoms. The minimum absolute atomic E-state index is 0.123. The fraction of sp³-hybridized carbons (Fsp3) is 0.650. The lowest BCUT2D eigenvalue weighted by atomic mass is 10.1. The summed E-state index contributed by atoms with van der Waals surface area (Å²) in [6, 6.07) is 6.46. The second kappa shape index (κ2) is 8.80. The van der Waals surface area contributed by atoms with E-state index in [1.165, 1.54) is 4.31 Å². The number of rotatable bonds is 5. The van der Waals surface area contributed by atoms with Gasteiger partial charge >= 0.3 is 0 Å². The molecule has 0 unspecified atom stereocenters. The van der Waals surface area contributed by atoms with Crippen molar-refractivity contribution in [1.29, 1.82) is 0 Å². The number of hydrogen-bond donors (Lipinski definition) is 0. The molecule has 2 heterocycles. The quantitative estimate of drug-likeness (QED) is 0.743. The Hall–Kier alpha value is -1.64. The van der Waals surface area contributed by atoms with Crippen molar-refractivity contribution in [1.82, 2.24) is 9.21 Å². The maximum atomic E-state index is 13.4. The van der Waals surface area contributed by atoms with Gasteiger partial charge in [0.2, 0.25) is 15.9 Å². The molecule has 1 aromatic carbocycles. The van der Waals surface area contributed by atoms with E-state index in [0.717, 1.165) is 0 Å². The molecule has 1 amide bonds. The van der Waals surface area contributed by atoms with Gasteiger partial charge < -0.3 is 14.4 Å². The van der Waals surface area contributed by atoms with Crippen LogP contribution in [0.3, 0.4) is 0 Å². The first-order valence-corrected chi connectivity index (χ1v) is 11.3. The molecule has 1 aromatic rings. The van der Waals surface area contributed by atoms with Crippen LogP contribution < -0.4 is 4.74 Å². The Balaban J connectivity index is 1.92. The van der Waals surface area contributed by atoms with E-state index < -0.39 is 10.0 Å². The van der Waals surface area contributed by atoms with Crippen molar-refractivity contribution < 1.29 is 22.7 Å². The van der Waals surface area contributed by atoms with Gasteiger partial charge in [0.15, 0.2) is 0 Å². The second-order valence-corrected chi connectivity index (χ2v) is 9.69. The lowest BCUT2D eigenvalue weighted by Crippen LogP contribution is -2.48. The normalized spacial score (nSPS) is 24.6. The number of ether oxygens (including phenoxy) is 2. The first-order valence-electron chi connectivity index (χ1n) is 9.89. The van der Waals surface area contributed by atoms with Gasteiger partial charge in [0, 0.05) is 39.6 Å². The zero-order valence-corrected chi connectivity index (χ0v) is 17.7. The number of benzene rings is 1. The molecule has 7 nitrogen and oxygen atoms in total. The fourth-order valence-electron chi connectivity index (χ4n) is 3.95. The summed E-state index contributed by atoms with van der Waals surface area (Å²) >= 11 is 0. The highest BCUT2D eigenvalue weighted by atomic mass is 32.2. The second-order valence-electron chi connectivity index (χ2n) is 7.84. The number of nitrogens with zero attached hydrogens (tertiary/aromatic N) is 2. The van der Waals surface area contributed by atoms with Crippen LogP contribution in [-0.4, -0.2) is 69.0 Å². The number of likely N-dealkylation sites (tertiary alicyclic amines) is 1. The van der Waals surface area contributed by atoms with Crippen molar-refractivity contribution >= 4 is 15.9 Å². The summed E-state index contributed by atoms with van der Waals surface area (Å²) < 4.78 is 39.6. The van der Waals surface area contributed by atoms with E-state index in [1.54, 1.807) is 31.4 Å². The molecule has 1 fully saturated rings. The molecule has 0 saturated carbocycles. The number of methoxy groups -OCH3 is 1. The smallest absolute Gasteiger partial charge is 0.247 e. The molecule has 0 spiro atoms. The van der Waals surface area contributed by atoms with E-state index in [9.17, 15) is 13.2 Å². The monoisotopic (exact) mass is 410 g/mol. The van der Waals surface area contributed by atoms with Gasteiger partial charge in [0.1, 0.15) is 16.7 Å². The average molecular weight is 411 g/mol. The van der Waals surface area contributed by atoms with Crippen molar-refractivity contribution in [3.63, 3.8) is 0 Å². The zero-order chi connectivity index (χ0) is 20.3. The molecular formula is C20H30N2O5S. The summed E-state index contributed by atoms with van der Waals surface area (Å²) in [5.74, 6) is 0.806. The van der Waals surface area contributed by atoms with Crippen LogP contribution in [0.1, 0.15) is 33.1 Å². The molecule has 2 aliphatic heterocycles. The lowest BCUT2D eigenvalue weighted by molar-refractivity contribution is -0.131. The first kappa shape index (κ1) is 21.1. The molecule has 2 atom stereocenters. The third kappa shape index (κ3) is 4.34. The molecule has 0 aliphatic carbocycles. The van der Waals surface area contributed by atoms with Gasteiger partial charge in [-0.3, -0.25) is 4.79 Å². The van der Waals surface area contributed by atoms with Crippen LogP contribution in [0.4, 0.5) is 0 Å². The largest absolute Gasteiger partial charge is 0.487 e. The van der Waals surface area contributed by atoms with Crippen LogP contribution in [0, 0.1) is 5.92 Å². The predicted molar refractivity (Wildman–Crippen MR) is 106 cm³/mol. The molecule has 2 aliphatic rings. The number of amides is 1. The highest BCUT2D eigenvalue weighted by Crippen LogP contribution is 2.36. The lowest BCUT2D eigenvalue weighted by Gasteiger charge is -2.31. The van der Waals surface area contributed by atoms with Crippen LogP contribution in [0.15, 0.2) is 29.2 Å². The fourth-order valence-corrected chi connectivity index (χ4v) is 5.74. The number of carbonyl (C=O) groups excluding carboxylic acids is 1. The van der Waals surface area contributed by atoms with E-state index in [1.807, 2.05) is 18.7 Å². The summed E-state index contributed by atoms with van der Waals surface area (Å²) in [6.45, 7) is 5.73. The van der Waals surface area contributed by atoms with E-state index in [0.29, 0.717) is 50.6 Å². The van der Waals surface area contributed by atoms with Crippen molar-refractivity contribution in [3.8, 4) is 5.75 Å². The third-order valence-corrected chi connectivity index (χ3v) is 7.31. The van der Waals surface area contributed by atoms with Crippen molar-refractivity contribution in [2.24, 2.45) is 5.92 Å². The van der Waals surface area contributed by atoms with Crippen LogP contribution in [0.2, 0.25) is 0 Å². The summed E-state index contributed by atoms with van der Waals surface area (Å²) in [4.78, 5) is 14.6. The molecule has 0 bridgehead atoms. The highest BCUT2D eigenvalue weighted by Gasteiger charge is 2.43. The maximum Gasteiger partial charge on any atom is 0.247 e. The summed E-state index contributed by atoms with van der Waals surface area (Å²) in [6.07, 6.45) is 1.35. The molecule has 156 valence electrons. The minimum Gasteiger partial charge on any atom is -0.487 e. The summed E-state index contributed by atoms with van der Waals surface area (Å²) in [5, 5.41) is 0. The number of carbonyl (C=O) groups is 1. The predicted octanol–water partition coefficient (Wildman–Crippen LogP) is 2.12. The Morgan fingerprint density at radius 3 is 2.68 bits per heavy atom. The Bertz CT molecular complexity index is 796. The number of fused-ring (bicyclic) bond motifs is 2. The molecule has 0 radical (unpaired) electrons. The van der Waals surface area contributed by atoms with E-state index in [2.05, 4.69) is 0 Å². The minimum atomic E-state index is -3.71. The van der Waals surface area contributed by atoms with E-state index in [-0.39, 0.29) is 29.5 Å². The Morgan fingerprint density at radius 2 is 1.96 bits per heavy atom. The SMILES string of the molecule is COCCN1[C@@H]2CCN(C(=O)CC(C)C)CC[C@H]2Oc2ccccc2S1(=O)=O. The summed E-state index contributed by atoms with van der Waals surface area (Å²) in [7, 11) is -2.15. The molecule has 0 aromatic heterocycles. The van der Waals surface area contributed by atoms with Crippen molar-refractivity contribution in [2.45, 2.75) is 50.2 Å². The van der Waals surface area contributed by atoms with E-state index >= 15 is 0 Å². The molecule has 1 saturated heterocycles. The van der Waals surface area contributed by atoms with Gasteiger partial charge in [-0.05, 0) is 24.5 Å². The van der Waals surface area contributed by atoms with Gasteiger partial charge in [-0.1, -0.05) is 26.0 Å². The van der Waals surface area contributed by atoms with Crippen LogP contribution in [0.5, 0.6) is 5.75 Å². The van der Waals surface area contributed by atoms with Crippen LogP contribution in [0.25, 0.3) is 0 Å². The van der Waals surface area contributed by atoms with Gasteiger partial charge in [0.25, 0.3) is 0 Å². The number of hydrogen-bond acceptors (Lipinski definition) is 5. The first-order chi connectivity index (χ1) is 13.3. The Kier molecular flexibility index (Phi) is 6.62. The number of sulfonamides is 1. The van der Waals surface area contributed by atoms with Gasteiger partial charge in [-0.2, -0.15) is 4.31 Å². The molecule has 3 rings (SSSR count). The maximum absolute atomic E-state index is 13.4. The van der Waals surface area contributed by atoms with Gasteiger partial charge in [-0.15, -0.1) is 0 Å². The molecule has 28 heavy (non-hydrogen) atoms. The third-order valence-electron chi connectivity index (χ3n) is 5.34.